The number of carbonyl (C=O) groups is 1. The Hall–Kier alpha value is -4.66. The first-order valence-electron chi connectivity index (χ1n) is 10.2. The van der Waals surface area contributed by atoms with Crippen molar-refractivity contribution in [2.45, 2.75) is 12.2 Å². The van der Waals surface area contributed by atoms with E-state index in [2.05, 4.69) is 0 Å². The molecule has 4 aromatic rings. The van der Waals surface area contributed by atoms with Crippen molar-refractivity contribution in [2.75, 3.05) is 7.11 Å². The molecule has 0 saturated heterocycles. The lowest BCUT2D eigenvalue weighted by molar-refractivity contribution is -0.119. The van der Waals surface area contributed by atoms with Crippen LogP contribution in [0.25, 0.3) is 22.3 Å². The largest absolute Gasteiger partial charge is 0.508 e. The second kappa shape index (κ2) is 8.04. The Morgan fingerprint density at radius 1 is 0.912 bits per heavy atom. The van der Waals surface area contributed by atoms with Crippen LogP contribution in [0.5, 0.6) is 34.5 Å². The number of methoxy groups -OCH3 is 1. The Morgan fingerprint density at radius 3 is 2.50 bits per heavy atom. The lowest BCUT2D eigenvalue weighted by Gasteiger charge is -2.31. The molecule has 0 radical (unpaired) electrons. The van der Waals surface area contributed by atoms with Crippen LogP contribution < -0.4 is 19.6 Å². The van der Waals surface area contributed by atoms with Crippen LogP contribution in [0, 0.1) is 0 Å². The molecule has 1 aliphatic heterocycles. The molecule has 0 fully saturated rings. The Morgan fingerprint density at radius 2 is 1.74 bits per heavy atom. The van der Waals surface area contributed by atoms with Gasteiger partial charge in [-0.25, -0.2) is 0 Å². The minimum atomic E-state index is -0.947. The van der Waals surface area contributed by atoms with E-state index in [4.69, 9.17) is 18.6 Å². The summed E-state index contributed by atoms with van der Waals surface area (Å²) in [6, 6.07) is 12.9. The average molecular weight is 462 g/mol. The van der Waals surface area contributed by atoms with Gasteiger partial charge in [0.15, 0.2) is 46.9 Å². The number of hydrogen-bond donors (Lipinski definition) is 3. The maximum atomic E-state index is 12.6. The predicted octanol–water partition coefficient (Wildman–Crippen LogP) is 3.67. The molecule has 1 aliphatic rings. The standard InChI is InChI=1S/C25H18O9/c1-31-20-7-13(2-4-15(20)28)25-23(11-26)32-18-5-3-12(6-21(18)34-25)19-10-17(30)24-16(29)8-14(27)9-22(24)33-19/h2-11,23,25,27-29H,1H3. The zero-order valence-electron chi connectivity index (χ0n) is 17.7. The van der Waals surface area contributed by atoms with Crippen molar-refractivity contribution in [3.8, 4) is 45.8 Å². The normalized spacial score (nSPS) is 16.9. The van der Waals surface area contributed by atoms with Crippen LogP contribution in [-0.2, 0) is 4.79 Å². The predicted molar refractivity (Wildman–Crippen MR) is 120 cm³/mol. The van der Waals surface area contributed by atoms with Crippen molar-refractivity contribution < 1.29 is 38.7 Å². The molecule has 9 nitrogen and oxygen atoms in total. The summed E-state index contributed by atoms with van der Waals surface area (Å²) < 4.78 is 22.8. The summed E-state index contributed by atoms with van der Waals surface area (Å²) in [7, 11) is 1.41. The summed E-state index contributed by atoms with van der Waals surface area (Å²) in [6.45, 7) is 0. The Labute approximate surface area is 192 Å². The number of ether oxygens (including phenoxy) is 3. The van der Waals surface area contributed by atoms with Gasteiger partial charge in [-0.05, 0) is 30.3 Å². The van der Waals surface area contributed by atoms with E-state index in [1.807, 2.05) is 0 Å². The molecule has 5 rings (SSSR count). The number of phenolic OH excluding ortho intramolecular Hbond substituents is 3. The Balaban J connectivity index is 1.56. The Kier molecular flexibility index (Phi) is 5.01. The van der Waals surface area contributed by atoms with Gasteiger partial charge in [0.05, 0.1) is 7.11 Å². The molecule has 0 aliphatic carbocycles. The van der Waals surface area contributed by atoms with E-state index >= 15 is 0 Å². The van der Waals surface area contributed by atoms with Gasteiger partial charge in [-0.1, -0.05) is 6.07 Å². The highest BCUT2D eigenvalue weighted by Gasteiger charge is 2.33. The van der Waals surface area contributed by atoms with Crippen molar-refractivity contribution in [1.29, 1.82) is 0 Å². The van der Waals surface area contributed by atoms with Gasteiger partial charge in [0.25, 0.3) is 0 Å². The van der Waals surface area contributed by atoms with Crippen LogP contribution in [-0.4, -0.2) is 34.8 Å². The van der Waals surface area contributed by atoms with Crippen molar-refractivity contribution in [2.24, 2.45) is 0 Å². The molecular formula is C25H18O9. The smallest absolute Gasteiger partial charge is 0.197 e. The van der Waals surface area contributed by atoms with Crippen molar-refractivity contribution in [3.63, 3.8) is 0 Å². The molecule has 2 unspecified atom stereocenters. The monoisotopic (exact) mass is 462 g/mol. The lowest BCUT2D eigenvalue weighted by atomic mass is 10.0. The fourth-order valence-electron chi connectivity index (χ4n) is 3.89. The zero-order valence-corrected chi connectivity index (χ0v) is 17.7. The molecule has 1 aromatic heterocycles. The highest BCUT2D eigenvalue weighted by atomic mass is 16.6. The number of aromatic hydroxyl groups is 3. The third-order valence-corrected chi connectivity index (χ3v) is 5.50. The van der Waals surface area contributed by atoms with E-state index in [0.717, 1.165) is 6.07 Å². The number of aldehydes is 1. The molecule has 3 N–H and O–H groups in total. The van der Waals surface area contributed by atoms with Gasteiger partial charge >= 0.3 is 0 Å². The quantitative estimate of drug-likeness (QED) is 0.388. The minimum Gasteiger partial charge on any atom is -0.508 e. The molecule has 3 aromatic carbocycles. The molecule has 0 amide bonds. The van der Waals surface area contributed by atoms with Gasteiger partial charge in [-0.15, -0.1) is 0 Å². The van der Waals surface area contributed by atoms with Crippen LogP contribution in [0.1, 0.15) is 11.7 Å². The molecule has 0 saturated carbocycles. The highest BCUT2D eigenvalue weighted by molar-refractivity contribution is 5.86. The summed E-state index contributed by atoms with van der Waals surface area (Å²) >= 11 is 0. The summed E-state index contributed by atoms with van der Waals surface area (Å²) in [5.41, 5.74) is 0.547. The van der Waals surface area contributed by atoms with E-state index in [9.17, 15) is 24.9 Å². The summed E-state index contributed by atoms with van der Waals surface area (Å²) in [5, 5.41) is 29.6. The van der Waals surface area contributed by atoms with Gasteiger partial charge in [-0.2, -0.15) is 0 Å². The molecule has 0 bridgehead atoms. The lowest BCUT2D eigenvalue weighted by Crippen LogP contribution is -2.34. The number of fused-ring (bicyclic) bond motifs is 2. The van der Waals surface area contributed by atoms with E-state index in [1.165, 1.54) is 25.3 Å². The van der Waals surface area contributed by atoms with Gasteiger partial charge in [0, 0.05) is 29.3 Å². The van der Waals surface area contributed by atoms with Crippen molar-refractivity contribution in [1.82, 2.24) is 0 Å². The van der Waals surface area contributed by atoms with Gasteiger partial charge in [0.1, 0.15) is 28.2 Å². The molecular weight excluding hydrogens is 444 g/mol. The number of rotatable bonds is 4. The molecule has 0 spiro atoms. The van der Waals surface area contributed by atoms with Crippen LogP contribution in [0.3, 0.4) is 0 Å². The maximum absolute atomic E-state index is 12.6. The second-order valence-corrected chi connectivity index (χ2v) is 7.66. The third kappa shape index (κ3) is 3.53. The zero-order chi connectivity index (χ0) is 24.0. The third-order valence-electron chi connectivity index (χ3n) is 5.50. The maximum Gasteiger partial charge on any atom is 0.197 e. The summed E-state index contributed by atoms with van der Waals surface area (Å²) in [6.07, 6.45) is -1.15. The molecule has 2 heterocycles. The minimum absolute atomic E-state index is 0.0185. The van der Waals surface area contributed by atoms with Gasteiger partial charge in [0.2, 0.25) is 0 Å². The number of hydrogen-bond acceptors (Lipinski definition) is 9. The molecule has 9 heteroatoms. The van der Waals surface area contributed by atoms with Gasteiger partial charge in [-0.3, -0.25) is 9.59 Å². The van der Waals surface area contributed by atoms with E-state index in [0.29, 0.717) is 28.9 Å². The van der Waals surface area contributed by atoms with Crippen LogP contribution in [0.2, 0.25) is 0 Å². The van der Waals surface area contributed by atoms with Crippen LogP contribution in [0.15, 0.2) is 63.8 Å². The SMILES string of the molecule is COc1cc(C2Oc3cc(-c4cc(=O)c5c(O)cc(O)cc5o4)ccc3OC2C=O)ccc1O. The number of phenols is 3. The highest BCUT2D eigenvalue weighted by Crippen LogP contribution is 2.43. The van der Waals surface area contributed by atoms with E-state index in [1.54, 1.807) is 30.3 Å². The summed E-state index contributed by atoms with van der Waals surface area (Å²) in [5.74, 6) is 0.320. The number of benzene rings is 3. The average Bonchev–Trinajstić information content (AvgIpc) is 2.82. The van der Waals surface area contributed by atoms with Crippen molar-refractivity contribution in [3.05, 3.63) is 70.4 Å². The molecule has 2 atom stereocenters. The molecule has 34 heavy (non-hydrogen) atoms. The first kappa shape index (κ1) is 21.2. The number of carbonyl (C=O) groups excluding carboxylic acids is 1. The first-order chi connectivity index (χ1) is 16.4. The fraction of sp³-hybridized carbons (Fsp3) is 0.120. The fourth-order valence-corrected chi connectivity index (χ4v) is 3.89. The van der Waals surface area contributed by atoms with Crippen LogP contribution in [0.4, 0.5) is 0 Å². The van der Waals surface area contributed by atoms with E-state index in [-0.39, 0.29) is 39.7 Å². The summed E-state index contributed by atoms with van der Waals surface area (Å²) in [4.78, 5) is 24.3. The topological polar surface area (TPSA) is 136 Å². The second-order valence-electron chi connectivity index (χ2n) is 7.66. The first-order valence-corrected chi connectivity index (χ1v) is 10.2. The van der Waals surface area contributed by atoms with E-state index < -0.39 is 17.6 Å². The van der Waals surface area contributed by atoms with Crippen molar-refractivity contribution >= 4 is 17.3 Å². The van der Waals surface area contributed by atoms with Crippen LogP contribution >= 0.6 is 0 Å². The molecule has 172 valence electrons. The Bertz CT molecular complexity index is 1490. The van der Waals surface area contributed by atoms with Gasteiger partial charge < -0.3 is 33.9 Å².